The quantitative estimate of drug-likeness (QED) is 0.322. The molecule has 240 valence electrons. The minimum Gasteiger partial charge on any atom is -0.393 e. The second-order valence-corrected chi connectivity index (χ2v) is 15.4. The van der Waals surface area contributed by atoms with Crippen LogP contribution >= 0.6 is 22.9 Å². The lowest BCUT2D eigenvalue weighted by molar-refractivity contribution is -0.0597. The fourth-order valence-corrected chi connectivity index (χ4v) is 10.8. The number of rotatable bonds is 8. The number of aliphatic imine (C=N–C) groups is 1. The number of benzene rings is 1. The number of aromatic nitrogens is 3. The van der Waals surface area contributed by atoms with E-state index in [-0.39, 0.29) is 48.4 Å². The molecule has 45 heavy (non-hydrogen) atoms. The van der Waals surface area contributed by atoms with Gasteiger partial charge in [0.1, 0.15) is 11.9 Å². The minimum absolute atomic E-state index is 0.0907. The second kappa shape index (κ2) is 11.5. The number of hydrogen-bond acceptors (Lipinski definition) is 9. The smallest absolute Gasteiger partial charge is 0.333 e. The van der Waals surface area contributed by atoms with E-state index in [1.165, 1.54) is 29.5 Å². The topological polar surface area (TPSA) is 133 Å². The monoisotopic (exact) mass is 682 g/mol. The number of hydrogen-bond donors (Lipinski definition) is 3. The molecule has 16 heteroatoms. The Kier molecular flexibility index (Phi) is 7.84. The summed E-state index contributed by atoms with van der Waals surface area (Å²) in [5.41, 5.74) is 0.438. The second-order valence-electron chi connectivity index (χ2n) is 12.2. The van der Waals surface area contributed by atoms with Crippen LogP contribution in [0.2, 0.25) is 5.02 Å². The van der Waals surface area contributed by atoms with E-state index >= 15 is 0 Å². The van der Waals surface area contributed by atoms with Crippen molar-refractivity contribution >= 4 is 44.4 Å². The van der Waals surface area contributed by atoms with Crippen LogP contribution in [0, 0.1) is 17.7 Å². The number of thiazole rings is 1. The highest BCUT2D eigenvalue weighted by Gasteiger charge is 2.54. The van der Waals surface area contributed by atoms with E-state index < -0.39 is 51.9 Å². The lowest BCUT2D eigenvalue weighted by Gasteiger charge is -2.40. The summed E-state index contributed by atoms with van der Waals surface area (Å²) in [4.78, 5) is 11.3. The van der Waals surface area contributed by atoms with Gasteiger partial charge in [-0.25, -0.2) is 27.2 Å². The fourth-order valence-electron chi connectivity index (χ4n) is 7.62. The van der Waals surface area contributed by atoms with Crippen LogP contribution in [0.3, 0.4) is 0 Å². The molecule has 0 radical (unpaired) electrons. The summed E-state index contributed by atoms with van der Waals surface area (Å²) < 4.78 is 72.6. The summed E-state index contributed by atoms with van der Waals surface area (Å²) >= 11 is 7.86. The van der Waals surface area contributed by atoms with Gasteiger partial charge in [-0.2, -0.15) is 13.9 Å². The number of aliphatic hydroxyl groups is 2. The van der Waals surface area contributed by atoms with E-state index in [0.29, 0.717) is 45.2 Å². The number of sulfonamides is 1. The lowest BCUT2D eigenvalue weighted by atomic mass is 9.77. The normalized spacial score (nSPS) is 29.9. The molecule has 0 spiro atoms. The fraction of sp³-hybridized carbons (Fsp3) is 0.483. The van der Waals surface area contributed by atoms with Gasteiger partial charge >= 0.3 is 6.55 Å². The zero-order valence-electron chi connectivity index (χ0n) is 23.7. The van der Waals surface area contributed by atoms with Crippen LogP contribution in [0.4, 0.5) is 13.2 Å². The number of alkyl halides is 2. The van der Waals surface area contributed by atoms with E-state index in [4.69, 9.17) is 16.6 Å². The average molecular weight is 683 g/mol. The molecular formula is C29H30ClF3N6O4S2. The molecule has 2 bridgehead atoms. The Morgan fingerprint density at radius 3 is 2.58 bits per heavy atom. The molecule has 3 unspecified atom stereocenters. The lowest BCUT2D eigenvalue weighted by Crippen LogP contribution is -2.52. The molecule has 4 aliphatic rings. The molecule has 2 aliphatic heterocycles. The van der Waals surface area contributed by atoms with Crippen LogP contribution in [-0.4, -0.2) is 74.2 Å². The summed E-state index contributed by atoms with van der Waals surface area (Å²) in [5, 5.41) is 26.3. The van der Waals surface area contributed by atoms with Crippen molar-refractivity contribution in [3.63, 3.8) is 0 Å². The molecule has 1 aromatic carbocycles. The highest BCUT2D eigenvalue weighted by atomic mass is 35.5. The van der Waals surface area contributed by atoms with Gasteiger partial charge in [0, 0.05) is 58.6 Å². The predicted molar refractivity (Wildman–Crippen MR) is 162 cm³/mol. The van der Waals surface area contributed by atoms with Gasteiger partial charge < -0.3 is 15.1 Å². The van der Waals surface area contributed by atoms with E-state index in [0.717, 1.165) is 12.3 Å². The molecule has 0 amide bonds. The summed E-state index contributed by atoms with van der Waals surface area (Å²) in [6.07, 6.45) is 4.70. The van der Waals surface area contributed by atoms with Crippen molar-refractivity contribution in [2.24, 2.45) is 16.8 Å². The van der Waals surface area contributed by atoms with Gasteiger partial charge in [0.25, 0.3) is 0 Å². The Labute approximate surface area is 266 Å². The molecule has 3 N–H and O–H groups in total. The Bertz CT molecular complexity index is 1770. The SMILES string of the molecule is O=S(=O)(NC1CC2=C(c3ccn(C(F)F)n3)[C@H](c3ccc(F)cc3Cl)N=C(c3nccs3)N2C1)C1C2CCC1CC(O)(CO)C2. The maximum absolute atomic E-state index is 14.1. The van der Waals surface area contributed by atoms with Crippen LogP contribution < -0.4 is 4.72 Å². The van der Waals surface area contributed by atoms with Crippen molar-refractivity contribution in [2.75, 3.05) is 13.2 Å². The molecular weight excluding hydrogens is 653 g/mol. The number of fused-ring (bicyclic) bond motifs is 3. The molecule has 2 aromatic heterocycles. The number of nitrogens with zero attached hydrogens (tertiary/aromatic N) is 5. The van der Waals surface area contributed by atoms with E-state index in [1.807, 2.05) is 4.90 Å². The number of aliphatic hydroxyl groups excluding tert-OH is 1. The highest BCUT2D eigenvalue weighted by Crippen LogP contribution is 2.50. The van der Waals surface area contributed by atoms with Crippen molar-refractivity contribution in [2.45, 2.75) is 61.6 Å². The Morgan fingerprint density at radius 2 is 1.96 bits per heavy atom. The molecule has 2 aliphatic carbocycles. The van der Waals surface area contributed by atoms with Crippen molar-refractivity contribution in [1.29, 1.82) is 0 Å². The summed E-state index contributed by atoms with van der Waals surface area (Å²) in [7, 11) is -3.87. The van der Waals surface area contributed by atoms with Crippen molar-refractivity contribution < 1.29 is 31.8 Å². The van der Waals surface area contributed by atoms with Gasteiger partial charge in [-0.15, -0.1) is 11.3 Å². The maximum Gasteiger partial charge on any atom is 0.333 e. The van der Waals surface area contributed by atoms with Crippen molar-refractivity contribution in [3.05, 3.63) is 74.8 Å². The van der Waals surface area contributed by atoms with Crippen LogP contribution in [0.1, 0.15) is 61.0 Å². The third kappa shape index (κ3) is 5.50. The van der Waals surface area contributed by atoms with Gasteiger partial charge in [-0.3, -0.25) is 4.99 Å². The third-order valence-corrected chi connectivity index (χ3v) is 12.6. The van der Waals surface area contributed by atoms with Crippen LogP contribution in [0.5, 0.6) is 0 Å². The molecule has 1 saturated heterocycles. The largest absolute Gasteiger partial charge is 0.393 e. The van der Waals surface area contributed by atoms with Crippen molar-refractivity contribution in [3.8, 4) is 0 Å². The number of nitrogens with one attached hydrogen (secondary N) is 1. The molecule has 4 heterocycles. The number of amidine groups is 1. The molecule has 2 saturated carbocycles. The van der Waals surface area contributed by atoms with Gasteiger partial charge in [-0.05, 0) is 55.7 Å². The van der Waals surface area contributed by atoms with Gasteiger partial charge in [0.15, 0.2) is 10.8 Å². The Hall–Kier alpha value is -2.82. The standard InChI is InChI=1S/C29H30ClF3N6O4S2/c30-20-9-17(31)3-4-19(20)24-23(21-5-7-39(36-21)28(32)33)22-10-18(13-38(22)26(35-24)27-34-6-8-44-27)37-45(42,43)25-15-1-2-16(25)12-29(41,11-15)14-40/h3-9,15-16,18,24-25,28,37,40-41H,1-2,10-14H2/t15?,16?,18?,24-,25?,29?/m0/s1. The van der Waals surface area contributed by atoms with E-state index in [9.17, 15) is 31.8 Å². The summed E-state index contributed by atoms with van der Waals surface area (Å²) in [6, 6.07) is 3.86. The molecule has 3 aromatic rings. The molecule has 4 atom stereocenters. The Balaban J connectivity index is 1.29. The minimum atomic E-state index is -3.87. The zero-order valence-corrected chi connectivity index (χ0v) is 26.1. The zero-order chi connectivity index (χ0) is 31.7. The maximum atomic E-state index is 14.1. The highest BCUT2D eigenvalue weighted by molar-refractivity contribution is 7.90. The van der Waals surface area contributed by atoms with Gasteiger partial charge in [-0.1, -0.05) is 17.7 Å². The van der Waals surface area contributed by atoms with Gasteiger partial charge in [0.2, 0.25) is 10.0 Å². The third-order valence-electron chi connectivity index (χ3n) is 9.33. The molecule has 3 fully saturated rings. The van der Waals surface area contributed by atoms with E-state index in [1.54, 1.807) is 11.6 Å². The van der Waals surface area contributed by atoms with Crippen LogP contribution in [0.15, 0.2) is 52.7 Å². The summed E-state index contributed by atoms with van der Waals surface area (Å²) in [6.45, 7) is -3.10. The first-order valence-electron chi connectivity index (χ1n) is 14.6. The summed E-state index contributed by atoms with van der Waals surface area (Å²) in [5.74, 6) is -0.665. The van der Waals surface area contributed by atoms with E-state index in [2.05, 4.69) is 14.8 Å². The van der Waals surface area contributed by atoms with Crippen LogP contribution in [0.25, 0.3) is 5.57 Å². The van der Waals surface area contributed by atoms with Crippen LogP contribution in [-0.2, 0) is 10.0 Å². The number of halogens is 4. The van der Waals surface area contributed by atoms with Crippen molar-refractivity contribution in [1.82, 2.24) is 24.4 Å². The Morgan fingerprint density at radius 1 is 1.20 bits per heavy atom. The molecule has 10 nitrogen and oxygen atoms in total. The first-order valence-corrected chi connectivity index (χ1v) is 17.4. The first kappa shape index (κ1) is 30.8. The van der Waals surface area contributed by atoms with Gasteiger partial charge in [0.05, 0.1) is 23.2 Å². The predicted octanol–water partition coefficient (Wildman–Crippen LogP) is 4.35. The first-order chi connectivity index (χ1) is 21.5. The average Bonchev–Trinajstić information content (AvgIpc) is 3.79. The molecule has 7 rings (SSSR count).